The average Bonchev–Trinajstić information content (AvgIpc) is 2.13. The Hall–Kier alpha value is -0.930. The Morgan fingerprint density at radius 1 is 1.33 bits per heavy atom. The number of hydrogen-bond acceptors (Lipinski definition) is 2. The minimum atomic E-state index is -0.664. The van der Waals surface area contributed by atoms with Gasteiger partial charge in [0.1, 0.15) is 5.82 Å². The Morgan fingerprint density at radius 3 is 2.60 bits per heavy atom. The number of hydrogen-bond donors (Lipinski definition) is 2. The van der Waals surface area contributed by atoms with E-state index in [1.165, 1.54) is 6.07 Å². The molecule has 2 nitrogen and oxygen atoms in total. The van der Waals surface area contributed by atoms with Crippen molar-refractivity contribution in [3.63, 3.8) is 0 Å². The van der Waals surface area contributed by atoms with E-state index in [0.29, 0.717) is 25.1 Å². The first kappa shape index (κ1) is 12.1. The molecule has 1 aromatic carbocycles. The van der Waals surface area contributed by atoms with Crippen molar-refractivity contribution < 1.29 is 9.50 Å². The Kier molecular flexibility index (Phi) is 4.24. The number of aliphatic hydroxyl groups is 1. The van der Waals surface area contributed by atoms with Gasteiger partial charge in [-0.2, -0.15) is 0 Å². The van der Waals surface area contributed by atoms with Crippen molar-refractivity contribution >= 4 is 0 Å². The van der Waals surface area contributed by atoms with E-state index >= 15 is 0 Å². The van der Waals surface area contributed by atoms with Crippen LogP contribution in [0.4, 0.5) is 4.39 Å². The molecule has 84 valence electrons. The van der Waals surface area contributed by atoms with Crippen LogP contribution in [0.1, 0.15) is 25.8 Å². The molecule has 0 bridgehead atoms. The molecule has 0 heterocycles. The monoisotopic (exact) mass is 211 g/mol. The molecule has 0 amide bonds. The fourth-order valence-corrected chi connectivity index (χ4v) is 1.26. The molecule has 15 heavy (non-hydrogen) atoms. The molecule has 0 saturated carbocycles. The van der Waals surface area contributed by atoms with Gasteiger partial charge in [0.2, 0.25) is 0 Å². The van der Waals surface area contributed by atoms with Gasteiger partial charge in [0.05, 0.1) is 5.60 Å². The lowest BCUT2D eigenvalue weighted by atomic mass is 10.1. The SMILES string of the molecule is CC(C)(O)CCNCc1ccccc1F. The van der Waals surface area contributed by atoms with E-state index in [4.69, 9.17) is 0 Å². The zero-order chi connectivity index (χ0) is 11.3. The van der Waals surface area contributed by atoms with Crippen LogP contribution in [0, 0.1) is 5.82 Å². The third kappa shape index (κ3) is 4.91. The van der Waals surface area contributed by atoms with Crippen molar-refractivity contribution in [3.8, 4) is 0 Å². The van der Waals surface area contributed by atoms with E-state index in [-0.39, 0.29) is 5.82 Å². The second kappa shape index (κ2) is 5.24. The minimum absolute atomic E-state index is 0.187. The second-order valence-corrected chi connectivity index (χ2v) is 4.33. The Morgan fingerprint density at radius 2 is 2.00 bits per heavy atom. The summed E-state index contributed by atoms with van der Waals surface area (Å²) in [5.41, 5.74) is -0.00404. The van der Waals surface area contributed by atoms with Gasteiger partial charge < -0.3 is 10.4 Å². The van der Waals surface area contributed by atoms with Crippen molar-refractivity contribution in [1.29, 1.82) is 0 Å². The van der Waals surface area contributed by atoms with Crippen molar-refractivity contribution in [2.24, 2.45) is 0 Å². The lowest BCUT2D eigenvalue weighted by molar-refractivity contribution is 0.0711. The smallest absolute Gasteiger partial charge is 0.127 e. The van der Waals surface area contributed by atoms with E-state index in [1.54, 1.807) is 26.0 Å². The number of nitrogens with one attached hydrogen (secondary N) is 1. The Bertz CT molecular complexity index is 307. The van der Waals surface area contributed by atoms with Crippen LogP contribution >= 0.6 is 0 Å². The molecule has 0 aliphatic carbocycles. The molecule has 3 heteroatoms. The summed E-state index contributed by atoms with van der Waals surface area (Å²) in [6.07, 6.45) is 0.654. The van der Waals surface area contributed by atoms with E-state index in [9.17, 15) is 9.50 Å². The van der Waals surface area contributed by atoms with E-state index in [2.05, 4.69) is 5.32 Å². The third-order valence-electron chi connectivity index (χ3n) is 2.19. The molecule has 0 unspecified atom stereocenters. The summed E-state index contributed by atoms with van der Waals surface area (Å²) in [4.78, 5) is 0. The molecule has 0 atom stereocenters. The van der Waals surface area contributed by atoms with E-state index in [0.717, 1.165) is 0 Å². The molecule has 0 aliphatic rings. The molecule has 0 saturated heterocycles. The summed E-state index contributed by atoms with van der Waals surface area (Å²) in [6, 6.07) is 6.70. The molecular weight excluding hydrogens is 193 g/mol. The first-order valence-corrected chi connectivity index (χ1v) is 5.15. The predicted molar refractivity (Wildman–Crippen MR) is 59.0 cm³/mol. The Balaban J connectivity index is 2.30. The second-order valence-electron chi connectivity index (χ2n) is 4.33. The highest BCUT2D eigenvalue weighted by molar-refractivity contribution is 5.16. The molecule has 1 rings (SSSR count). The molecular formula is C12H18FNO. The van der Waals surface area contributed by atoms with Crippen LogP contribution in [0.3, 0.4) is 0 Å². The quantitative estimate of drug-likeness (QED) is 0.731. The number of benzene rings is 1. The van der Waals surface area contributed by atoms with Crippen molar-refractivity contribution in [2.75, 3.05) is 6.54 Å². The van der Waals surface area contributed by atoms with Crippen LogP contribution < -0.4 is 5.32 Å². The summed E-state index contributed by atoms with van der Waals surface area (Å²) in [7, 11) is 0. The van der Waals surface area contributed by atoms with Crippen LogP contribution in [0.5, 0.6) is 0 Å². The van der Waals surface area contributed by atoms with Crippen LogP contribution in [-0.2, 0) is 6.54 Å². The van der Waals surface area contributed by atoms with Crippen LogP contribution in [-0.4, -0.2) is 17.3 Å². The topological polar surface area (TPSA) is 32.3 Å². The maximum Gasteiger partial charge on any atom is 0.127 e. The summed E-state index contributed by atoms with van der Waals surface area (Å²) >= 11 is 0. The van der Waals surface area contributed by atoms with Gasteiger partial charge in [0.25, 0.3) is 0 Å². The van der Waals surface area contributed by atoms with Gasteiger partial charge in [-0.1, -0.05) is 18.2 Å². The lowest BCUT2D eigenvalue weighted by Crippen LogP contribution is -2.26. The van der Waals surface area contributed by atoms with Crippen LogP contribution in [0.15, 0.2) is 24.3 Å². The van der Waals surface area contributed by atoms with E-state index < -0.39 is 5.60 Å². The van der Waals surface area contributed by atoms with Gasteiger partial charge in [-0.3, -0.25) is 0 Å². The van der Waals surface area contributed by atoms with Crippen molar-refractivity contribution in [1.82, 2.24) is 5.32 Å². The van der Waals surface area contributed by atoms with Gasteiger partial charge in [0, 0.05) is 12.1 Å². The standard InChI is InChI=1S/C12H18FNO/c1-12(2,15)7-8-14-9-10-5-3-4-6-11(10)13/h3-6,14-15H,7-9H2,1-2H3. The first-order chi connectivity index (χ1) is 6.99. The van der Waals surface area contributed by atoms with Crippen LogP contribution in [0.25, 0.3) is 0 Å². The molecule has 0 spiro atoms. The summed E-state index contributed by atoms with van der Waals surface area (Å²) in [5, 5.41) is 12.6. The average molecular weight is 211 g/mol. The zero-order valence-electron chi connectivity index (χ0n) is 9.26. The van der Waals surface area contributed by atoms with Crippen molar-refractivity contribution in [3.05, 3.63) is 35.6 Å². The maximum absolute atomic E-state index is 13.2. The van der Waals surface area contributed by atoms with Gasteiger partial charge in [-0.15, -0.1) is 0 Å². The molecule has 0 radical (unpaired) electrons. The highest BCUT2D eigenvalue weighted by atomic mass is 19.1. The fraction of sp³-hybridized carbons (Fsp3) is 0.500. The van der Waals surface area contributed by atoms with Gasteiger partial charge in [0.15, 0.2) is 0 Å². The molecule has 0 aliphatic heterocycles. The highest BCUT2D eigenvalue weighted by Crippen LogP contribution is 2.07. The van der Waals surface area contributed by atoms with Gasteiger partial charge >= 0.3 is 0 Å². The summed E-state index contributed by atoms with van der Waals surface area (Å²) in [6.45, 7) is 4.70. The number of rotatable bonds is 5. The van der Waals surface area contributed by atoms with Crippen LogP contribution in [0.2, 0.25) is 0 Å². The molecule has 1 aromatic rings. The van der Waals surface area contributed by atoms with E-state index in [1.807, 2.05) is 6.07 Å². The number of halogens is 1. The zero-order valence-corrected chi connectivity index (χ0v) is 9.26. The third-order valence-corrected chi connectivity index (χ3v) is 2.19. The molecule has 2 N–H and O–H groups in total. The molecule has 0 fully saturated rings. The minimum Gasteiger partial charge on any atom is -0.390 e. The maximum atomic E-state index is 13.2. The summed E-state index contributed by atoms with van der Waals surface area (Å²) in [5.74, 6) is -0.187. The molecule has 0 aromatic heterocycles. The van der Waals surface area contributed by atoms with Gasteiger partial charge in [-0.05, 0) is 32.9 Å². The predicted octanol–water partition coefficient (Wildman–Crippen LogP) is 2.08. The normalized spacial score (nSPS) is 11.7. The van der Waals surface area contributed by atoms with Gasteiger partial charge in [-0.25, -0.2) is 4.39 Å². The summed E-state index contributed by atoms with van der Waals surface area (Å²) < 4.78 is 13.2. The fourth-order valence-electron chi connectivity index (χ4n) is 1.26. The Labute approximate surface area is 90.1 Å². The first-order valence-electron chi connectivity index (χ1n) is 5.15. The van der Waals surface area contributed by atoms with Crippen molar-refractivity contribution in [2.45, 2.75) is 32.4 Å². The largest absolute Gasteiger partial charge is 0.390 e. The lowest BCUT2D eigenvalue weighted by Gasteiger charge is -2.17. The highest BCUT2D eigenvalue weighted by Gasteiger charge is 2.11.